The van der Waals surface area contributed by atoms with E-state index in [0.717, 1.165) is 12.1 Å². The van der Waals surface area contributed by atoms with E-state index in [1.807, 2.05) is 11.8 Å². The van der Waals surface area contributed by atoms with Crippen LogP contribution in [0, 0.1) is 5.92 Å². The van der Waals surface area contributed by atoms with E-state index in [0.29, 0.717) is 31.5 Å². The van der Waals surface area contributed by atoms with Crippen molar-refractivity contribution in [1.82, 2.24) is 4.90 Å². The fourth-order valence-electron chi connectivity index (χ4n) is 2.90. The first kappa shape index (κ1) is 21.3. The summed E-state index contributed by atoms with van der Waals surface area (Å²) >= 11 is 0. The quantitative estimate of drug-likeness (QED) is 0.727. The summed E-state index contributed by atoms with van der Waals surface area (Å²) in [6.07, 6.45) is -14.0. The summed E-state index contributed by atoms with van der Waals surface area (Å²) in [5.74, 6) is -1.99. The van der Waals surface area contributed by atoms with Gasteiger partial charge in [0.15, 0.2) is 0 Å². The lowest BCUT2D eigenvalue weighted by molar-refractivity contribution is -0.304. The molecule has 1 N–H and O–H groups in total. The summed E-state index contributed by atoms with van der Waals surface area (Å²) in [5, 5.41) is 9.13. The molecule has 152 valence electrons. The van der Waals surface area contributed by atoms with Crippen LogP contribution in [0.3, 0.4) is 0 Å². The number of halogens is 6. The third kappa shape index (κ3) is 5.50. The minimum atomic E-state index is -5.74. The van der Waals surface area contributed by atoms with Crippen LogP contribution in [-0.2, 0) is 11.3 Å². The van der Waals surface area contributed by atoms with Gasteiger partial charge in [-0.25, -0.2) is 4.39 Å². The number of piperidine rings is 1. The van der Waals surface area contributed by atoms with Gasteiger partial charge < -0.3 is 9.84 Å². The Morgan fingerprint density at radius 1 is 1.22 bits per heavy atom. The maximum Gasteiger partial charge on any atom is 0.439 e. The van der Waals surface area contributed by atoms with Gasteiger partial charge in [-0.05, 0) is 37.5 Å². The molecule has 3 atom stereocenters. The minimum absolute atomic E-state index is 0.125. The lowest BCUT2D eigenvalue weighted by Crippen LogP contribution is -2.45. The maximum absolute atomic E-state index is 13.3. The van der Waals surface area contributed by atoms with Gasteiger partial charge in [0.2, 0.25) is 0 Å². The molecule has 2 rings (SSSR count). The number of ether oxygens (including phenoxy) is 1. The van der Waals surface area contributed by atoms with E-state index in [1.165, 1.54) is 12.1 Å². The molecule has 3 unspecified atom stereocenters. The highest BCUT2D eigenvalue weighted by molar-refractivity contribution is 5.70. The molecule has 4 nitrogen and oxygen atoms in total. The van der Waals surface area contributed by atoms with Gasteiger partial charge >= 0.3 is 18.3 Å². The second kappa shape index (κ2) is 7.95. The molecule has 27 heavy (non-hydrogen) atoms. The third-order valence-corrected chi connectivity index (χ3v) is 4.51. The Hall–Kier alpha value is -1.97. The molecular weight excluding hydrogens is 380 g/mol. The van der Waals surface area contributed by atoms with Crippen molar-refractivity contribution >= 4 is 5.97 Å². The molecule has 0 aromatic heterocycles. The second-order valence-electron chi connectivity index (χ2n) is 6.60. The Morgan fingerprint density at radius 3 is 2.33 bits per heavy atom. The zero-order valence-corrected chi connectivity index (χ0v) is 14.3. The number of hydrogen-bond acceptors (Lipinski definition) is 3. The number of benzene rings is 1. The zero-order chi connectivity index (χ0) is 20.4. The van der Waals surface area contributed by atoms with Gasteiger partial charge in [-0.1, -0.05) is 12.1 Å². The van der Waals surface area contributed by atoms with Gasteiger partial charge in [0.05, 0.1) is 5.92 Å². The van der Waals surface area contributed by atoms with Crippen molar-refractivity contribution in [3.8, 4) is 5.75 Å². The van der Waals surface area contributed by atoms with E-state index in [9.17, 15) is 31.1 Å². The first-order chi connectivity index (χ1) is 12.4. The zero-order valence-electron chi connectivity index (χ0n) is 14.3. The minimum Gasteiger partial charge on any atom is -0.481 e. The first-order valence-corrected chi connectivity index (χ1v) is 8.23. The van der Waals surface area contributed by atoms with Crippen LogP contribution in [0.25, 0.3) is 0 Å². The lowest BCUT2D eigenvalue weighted by Gasteiger charge is -2.36. The molecule has 1 aliphatic heterocycles. The highest BCUT2D eigenvalue weighted by Crippen LogP contribution is 2.36. The monoisotopic (exact) mass is 399 g/mol. The predicted octanol–water partition coefficient (Wildman–Crippen LogP) is 4.24. The Balaban J connectivity index is 2.01. The number of nitrogens with zero attached hydrogens (tertiary/aromatic N) is 1. The molecule has 1 saturated heterocycles. The summed E-state index contributed by atoms with van der Waals surface area (Å²) in [7, 11) is 0. The summed E-state index contributed by atoms with van der Waals surface area (Å²) in [6, 6.07) is 4.90. The highest BCUT2D eigenvalue weighted by Gasteiger charge is 2.59. The van der Waals surface area contributed by atoms with Crippen LogP contribution >= 0.6 is 0 Å². The number of alkyl halides is 6. The van der Waals surface area contributed by atoms with Crippen molar-refractivity contribution in [2.24, 2.45) is 5.92 Å². The normalized spacial score (nSPS) is 23.1. The molecule has 10 heteroatoms. The Morgan fingerprint density at radius 2 is 1.81 bits per heavy atom. The van der Waals surface area contributed by atoms with Gasteiger partial charge in [0.1, 0.15) is 5.75 Å². The summed E-state index contributed by atoms with van der Waals surface area (Å²) in [4.78, 5) is 13.1. The molecule has 0 radical (unpaired) electrons. The van der Waals surface area contributed by atoms with Crippen molar-refractivity contribution in [3.05, 3.63) is 29.8 Å². The number of carboxylic acids is 1. The fraction of sp³-hybridized carbons (Fsp3) is 0.588. The van der Waals surface area contributed by atoms with Crippen LogP contribution in [0.1, 0.15) is 25.3 Å². The van der Waals surface area contributed by atoms with E-state index in [1.54, 1.807) is 0 Å². The fourth-order valence-corrected chi connectivity index (χ4v) is 2.90. The predicted molar refractivity (Wildman–Crippen MR) is 83.2 cm³/mol. The Labute approximate surface area is 151 Å². The smallest absolute Gasteiger partial charge is 0.439 e. The topological polar surface area (TPSA) is 49.8 Å². The second-order valence-corrected chi connectivity index (χ2v) is 6.60. The third-order valence-electron chi connectivity index (χ3n) is 4.51. The SMILES string of the molecule is CC1CCC(C(=O)O)CN1Cc1ccc(OC(F)(F)C(F)C(F)(F)F)cc1. The van der Waals surface area contributed by atoms with Crippen molar-refractivity contribution < 1.29 is 41.0 Å². The average molecular weight is 399 g/mol. The average Bonchev–Trinajstić information content (AvgIpc) is 2.56. The van der Waals surface area contributed by atoms with E-state index >= 15 is 0 Å². The molecule has 0 bridgehead atoms. The van der Waals surface area contributed by atoms with Gasteiger partial charge in [0, 0.05) is 19.1 Å². The van der Waals surface area contributed by atoms with Crippen molar-refractivity contribution in [2.45, 2.75) is 50.8 Å². The molecule has 1 aromatic rings. The van der Waals surface area contributed by atoms with E-state index in [4.69, 9.17) is 5.11 Å². The van der Waals surface area contributed by atoms with Crippen molar-refractivity contribution in [2.75, 3.05) is 6.54 Å². The number of rotatable bonds is 6. The van der Waals surface area contributed by atoms with Crippen LogP contribution in [0.4, 0.5) is 26.3 Å². The Kier molecular flexibility index (Phi) is 6.28. The van der Waals surface area contributed by atoms with Crippen LogP contribution in [0.15, 0.2) is 24.3 Å². The van der Waals surface area contributed by atoms with Gasteiger partial charge in [-0.15, -0.1) is 0 Å². The van der Waals surface area contributed by atoms with Crippen LogP contribution in [-0.4, -0.2) is 47.0 Å². The molecule has 1 heterocycles. The molecule has 0 amide bonds. The summed E-state index contributed by atoms with van der Waals surface area (Å²) < 4.78 is 79.6. The largest absolute Gasteiger partial charge is 0.481 e. The van der Waals surface area contributed by atoms with Crippen molar-refractivity contribution in [1.29, 1.82) is 0 Å². The van der Waals surface area contributed by atoms with Gasteiger partial charge in [-0.3, -0.25) is 9.69 Å². The standard InChI is InChI=1S/C17H19F6NO3/c1-10-2-5-12(14(25)26)9-24(10)8-11-3-6-13(7-4-11)27-17(22,23)15(18)16(19,20)21/h3-4,6-7,10,12,15H,2,5,8-9H2,1H3,(H,25,26). The van der Waals surface area contributed by atoms with Crippen LogP contribution < -0.4 is 4.74 Å². The molecule has 0 spiro atoms. The number of hydrogen-bond donors (Lipinski definition) is 1. The molecule has 1 aliphatic rings. The van der Waals surface area contributed by atoms with E-state index < -0.39 is 36.1 Å². The Bertz CT molecular complexity index is 649. The van der Waals surface area contributed by atoms with Crippen LogP contribution in [0.2, 0.25) is 0 Å². The molecule has 0 saturated carbocycles. The number of carbonyl (C=O) groups is 1. The molecular formula is C17H19F6NO3. The molecule has 0 aliphatic carbocycles. The molecule has 1 aromatic carbocycles. The number of aliphatic carboxylic acids is 1. The number of carboxylic acid groups (broad SMARTS) is 1. The summed E-state index contributed by atoms with van der Waals surface area (Å²) in [6.45, 7) is 2.62. The van der Waals surface area contributed by atoms with E-state index in [-0.39, 0.29) is 6.04 Å². The first-order valence-electron chi connectivity index (χ1n) is 8.23. The molecule has 1 fully saturated rings. The van der Waals surface area contributed by atoms with Gasteiger partial charge in [0.25, 0.3) is 6.17 Å². The van der Waals surface area contributed by atoms with Crippen LogP contribution in [0.5, 0.6) is 5.75 Å². The lowest BCUT2D eigenvalue weighted by atomic mass is 9.93. The maximum atomic E-state index is 13.3. The van der Waals surface area contributed by atoms with Crippen molar-refractivity contribution in [3.63, 3.8) is 0 Å². The van der Waals surface area contributed by atoms with Gasteiger partial charge in [-0.2, -0.15) is 22.0 Å². The number of likely N-dealkylation sites (tertiary alicyclic amines) is 1. The summed E-state index contributed by atoms with van der Waals surface area (Å²) in [5.41, 5.74) is 0.635. The van der Waals surface area contributed by atoms with E-state index in [2.05, 4.69) is 4.74 Å². The highest BCUT2D eigenvalue weighted by atomic mass is 19.4.